The molecule has 0 aliphatic rings. The fourth-order valence-electron chi connectivity index (χ4n) is 8.26. The maximum absolute atomic E-state index is 9.61. The van der Waals surface area contributed by atoms with E-state index < -0.39 is 30.2 Å². The van der Waals surface area contributed by atoms with E-state index in [0.717, 1.165) is 54.2 Å². The van der Waals surface area contributed by atoms with Crippen LogP contribution in [-0.4, -0.2) is 0 Å². The van der Waals surface area contributed by atoms with Gasteiger partial charge in [-0.2, -0.15) is 0 Å². The van der Waals surface area contributed by atoms with Crippen LogP contribution in [0.15, 0.2) is 162 Å². The fraction of sp³-hybridized carbons (Fsp3) is 0. The lowest BCUT2D eigenvalue weighted by Crippen LogP contribution is -1.90. The Morgan fingerprint density at radius 3 is 1.78 bits per heavy atom. The van der Waals surface area contributed by atoms with Crippen molar-refractivity contribution in [3.8, 4) is 22.3 Å². The van der Waals surface area contributed by atoms with Crippen LogP contribution in [0.3, 0.4) is 0 Å². The predicted octanol–water partition coefficient (Wildman–Crippen LogP) is 13.9. The van der Waals surface area contributed by atoms with Gasteiger partial charge < -0.3 is 4.42 Å². The molecule has 0 unspecified atom stereocenters. The Kier molecular flexibility index (Phi) is 3.50. The molecule has 1 nitrogen and oxygen atoms in total. The standard InChI is InChI=1S/C48H26O/c1-2-10-34-27(5-1)15-24-41-46-39(35-20-16-32-13-11-28-6-3-8-30-18-22-37(35)44(32)42(28)30)25-26-40(48(46)49-47(34)41)36-21-17-33-14-12-29-7-4-9-31-19-23-38(36)45(33)43(29)31/h1-26H/i3D,6D,8D,11D,13D,16D,18D,20D,22D. The molecule has 0 atom stereocenters. The number of fused-ring (bicyclic) bond motifs is 5. The molecule has 0 fully saturated rings. The molecular weight excluding hydrogens is 593 g/mol. The molecule has 0 aliphatic carbocycles. The first-order valence-electron chi connectivity index (χ1n) is 20.8. The summed E-state index contributed by atoms with van der Waals surface area (Å²) < 4.78 is 88.8. The van der Waals surface area contributed by atoms with Gasteiger partial charge in [0, 0.05) is 21.7 Å². The van der Waals surface area contributed by atoms with Gasteiger partial charge in [-0.15, -0.1) is 0 Å². The molecule has 0 bridgehead atoms. The summed E-state index contributed by atoms with van der Waals surface area (Å²) in [7, 11) is 0. The van der Waals surface area contributed by atoms with E-state index in [0.29, 0.717) is 22.1 Å². The van der Waals surface area contributed by atoms with E-state index in [-0.39, 0.29) is 62.1 Å². The zero-order valence-corrected chi connectivity index (χ0v) is 25.7. The second-order valence-electron chi connectivity index (χ2n) is 12.8. The maximum atomic E-state index is 9.61. The second kappa shape index (κ2) is 9.13. The third-order valence-electron chi connectivity index (χ3n) is 10.4. The molecule has 0 radical (unpaired) electrons. The summed E-state index contributed by atoms with van der Waals surface area (Å²) >= 11 is 0. The number of hydrogen-bond acceptors (Lipinski definition) is 1. The van der Waals surface area contributed by atoms with Crippen LogP contribution in [0.5, 0.6) is 0 Å². The van der Waals surface area contributed by atoms with Crippen molar-refractivity contribution in [1.29, 1.82) is 0 Å². The summed E-state index contributed by atoms with van der Waals surface area (Å²) in [5.74, 6) is 0. The molecule has 1 heteroatoms. The lowest BCUT2D eigenvalue weighted by atomic mass is 9.86. The quantitative estimate of drug-likeness (QED) is 0.174. The van der Waals surface area contributed by atoms with Crippen LogP contribution in [0.1, 0.15) is 12.3 Å². The number of rotatable bonds is 2. The Hall–Kier alpha value is -6.44. The Labute approximate surface area is 293 Å². The first kappa shape index (κ1) is 18.8. The first-order valence-corrected chi connectivity index (χ1v) is 16.3. The van der Waals surface area contributed by atoms with Crippen LogP contribution < -0.4 is 0 Å². The predicted molar refractivity (Wildman–Crippen MR) is 210 cm³/mol. The highest BCUT2D eigenvalue weighted by Crippen LogP contribution is 2.48. The molecule has 0 saturated carbocycles. The molecule has 12 aromatic rings. The largest absolute Gasteiger partial charge is 0.455 e. The number of furan rings is 1. The molecule has 0 aliphatic heterocycles. The highest BCUT2D eigenvalue weighted by atomic mass is 16.3. The minimum absolute atomic E-state index is 0.0548. The minimum Gasteiger partial charge on any atom is -0.455 e. The second-order valence-corrected chi connectivity index (χ2v) is 12.8. The molecule has 0 saturated heterocycles. The summed E-state index contributed by atoms with van der Waals surface area (Å²) in [5, 5.41) is 10.3. The molecule has 224 valence electrons. The SMILES string of the molecule is [2H]c1c([2H])c2c([2H])c([2H])c3c([2H])c([2H])c(-c4ccc(-c5ccc6ccc7cccc8ccc5c6c78)c5oc6c7ccccc7ccc6c45)c4c([2H])c([2H])c(c1[2H])c2c34. The molecule has 11 aromatic carbocycles. The zero-order valence-electron chi connectivity index (χ0n) is 34.7. The van der Waals surface area contributed by atoms with Crippen molar-refractivity contribution in [3.63, 3.8) is 0 Å². The monoisotopic (exact) mass is 627 g/mol. The highest BCUT2D eigenvalue weighted by Gasteiger charge is 2.22. The van der Waals surface area contributed by atoms with Crippen LogP contribution in [0.4, 0.5) is 0 Å². The molecule has 0 N–H and O–H groups in total. The van der Waals surface area contributed by atoms with Gasteiger partial charge in [0.15, 0.2) is 0 Å². The third kappa shape index (κ3) is 3.29. The van der Waals surface area contributed by atoms with E-state index in [9.17, 15) is 5.48 Å². The average Bonchev–Trinajstić information content (AvgIpc) is 3.64. The lowest BCUT2D eigenvalue weighted by Gasteiger charge is -2.16. The van der Waals surface area contributed by atoms with Gasteiger partial charge in [0.05, 0.1) is 12.3 Å². The average molecular weight is 628 g/mol. The lowest BCUT2D eigenvalue weighted by molar-refractivity contribution is 0.674. The highest BCUT2D eigenvalue weighted by molar-refractivity contribution is 6.30. The Morgan fingerprint density at radius 1 is 0.306 bits per heavy atom. The van der Waals surface area contributed by atoms with Crippen molar-refractivity contribution >= 4 is 97.3 Å². The topological polar surface area (TPSA) is 13.1 Å². The normalized spacial score (nSPS) is 15.1. The number of hydrogen-bond donors (Lipinski definition) is 0. The van der Waals surface area contributed by atoms with Crippen LogP contribution in [0, 0.1) is 0 Å². The van der Waals surface area contributed by atoms with Gasteiger partial charge in [-0.1, -0.05) is 145 Å². The summed E-state index contributed by atoms with van der Waals surface area (Å²) in [6, 6.07) is 31.4. The van der Waals surface area contributed by atoms with Crippen molar-refractivity contribution in [3.05, 3.63) is 158 Å². The molecule has 49 heavy (non-hydrogen) atoms. The van der Waals surface area contributed by atoms with Crippen molar-refractivity contribution < 1.29 is 16.8 Å². The summed E-state index contributed by atoms with van der Waals surface area (Å²) in [5.41, 5.74) is 3.62. The van der Waals surface area contributed by atoms with Crippen LogP contribution in [-0.2, 0) is 0 Å². The molecule has 1 heterocycles. The van der Waals surface area contributed by atoms with Crippen LogP contribution in [0.2, 0.25) is 0 Å². The summed E-state index contributed by atoms with van der Waals surface area (Å²) in [6.07, 6.45) is 0. The van der Waals surface area contributed by atoms with Crippen LogP contribution in [0.25, 0.3) is 120 Å². The van der Waals surface area contributed by atoms with Crippen molar-refractivity contribution in [1.82, 2.24) is 0 Å². The van der Waals surface area contributed by atoms with E-state index >= 15 is 0 Å². The molecule has 0 amide bonds. The van der Waals surface area contributed by atoms with Gasteiger partial charge >= 0.3 is 0 Å². The molecule has 0 spiro atoms. The smallest absolute Gasteiger partial charge is 0.143 e. The molecule has 1 aromatic heterocycles. The van der Waals surface area contributed by atoms with Gasteiger partial charge in [-0.05, 0) is 98.8 Å². The van der Waals surface area contributed by atoms with Gasteiger partial charge in [0.2, 0.25) is 0 Å². The van der Waals surface area contributed by atoms with Crippen molar-refractivity contribution in [2.45, 2.75) is 0 Å². The van der Waals surface area contributed by atoms with Gasteiger partial charge in [-0.25, -0.2) is 0 Å². The fourth-order valence-corrected chi connectivity index (χ4v) is 8.26. The summed E-state index contributed by atoms with van der Waals surface area (Å²) in [4.78, 5) is 0. The Balaban J connectivity index is 1.29. The number of benzene rings is 11. The van der Waals surface area contributed by atoms with E-state index in [1.54, 1.807) is 0 Å². The van der Waals surface area contributed by atoms with Crippen LogP contribution >= 0.6 is 0 Å². The zero-order chi connectivity index (χ0) is 39.6. The van der Waals surface area contributed by atoms with Gasteiger partial charge in [-0.3, -0.25) is 0 Å². The molecular formula is C48H26O. The van der Waals surface area contributed by atoms with Gasteiger partial charge in [0.1, 0.15) is 11.2 Å². The Morgan fingerprint density at radius 2 is 0.898 bits per heavy atom. The first-order chi connectivity index (χ1) is 28.1. The van der Waals surface area contributed by atoms with E-state index in [4.69, 9.17) is 11.3 Å². The maximum Gasteiger partial charge on any atom is 0.143 e. The third-order valence-corrected chi connectivity index (χ3v) is 10.4. The van der Waals surface area contributed by atoms with E-state index in [2.05, 4.69) is 54.6 Å². The minimum atomic E-state index is -0.500. The van der Waals surface area contributed by atoms with E-state index in [1.807, 2.05) is 48.5 Å². The van der Waals surface area contributed by atoms with E-state index in [1.165, 1.54) is 5.39 Å². The van der Waals surface area contributed by atoms with Gasteiger partial charge in [0.25, 0.3) is 0 Å². The van der Waals surface area contributed by atoms with Crippen molar-refractivity contribution in [2.75, 3.05) is 0 Å². The Bertz CT molecular complexity index is 3810. The molecule has 12 rings (SSSR count). The summed E-state index contributed by atoms with van der Waals surface area (Å²) in [6.45, 7) is 0. The van der Waals surface area contributed by atoms with Crippen molar-refractivity contribution in [2.24, 2.45) is 0 Å².